The van der Waals surface area contributed by atoms with Gasteiger partial charge in [0.05, 0.1) is 11.6 Å². The molecule has 4 unspecified atom stereocenters. The second-order valence-electron chi connectivity index (χ2n) is 6.18. The second-order valence-corrected chi connectivity index (χ2v) is 6.18. The molecule has 0 radical (unpaired) electrons. The van der Waals surface area contributed by atoms with Gasteiger partial charge in [0, 0.05) is 11.8 Å². The maximum atomic E-state index is 14.5. The van der Waals surface area contributed by atoms with E-state index in [0.29, 0.717) is 5.56 Å². The number of nitrogens with zero attached hydrogens (tertiary/aromatic N) is 1. The first-order chi connectivity index (χ1) is 12.2. The quantitative estimate of drug-likeness (QED) is 0.784. The number of ether oxygens (including phenoxy) is 1. The van der Waals surface area contributed by atoms with Crippen LogP contribution < -0.4 is 16.6 Å². The van der Waals surface area contributed by atoms with Gasteiger partial charge in [-0.3, -0.25) is 0 Å². The highest BCUT2D eigenvalue weighted by molar-refractivity contribution is 5.43. The molecule has 4 N–H and O–H groups in total. The van der Waals surface area contributed by atoms with Gasteiger partial charge in [0.15, 0.2) is 6.23 Å². The van der Waals surface area contributed by atoms with Crippen LogP contribution in [0.5, 0.6) is 0 Å². The Kier molecular flexibility index (Phi) is 3.88. The first-order valence-electron chi connectivity index (χ1n) is 8.07. The molecule has 25 heavy (non-hydrogen) atoms. The first-order valence-corrected chi connectivity index (χ1v) is 8.07. The maximum absolute atomic E-state index is 14.5. The number of allylic oxidation sites excluding steroid dienone is 1. The number of hydrogen-bond donors (Lipinski definition) is 3. The molecule has 2 aliphatic rings. The molecule has 0 spiro atoms. The SMILES string of the molecule is N#CC1=C(N)OC2NNC(c3ccccc3)C2C1c1ccccc1F. The molecule has 0 aliphatic carbocycles. The molecule has 6 heteroatoms. The molecule has 1 fully saturated rings. The third-order valence-electron chi connectivity index (χ3n) is 4.85. The van der Waals surface area contributed by atoms with E-state index in [0.717, 1.165) is 5.56 Å². The Morgan fingerprint density at radius 2 is 1.76 bits per heavy atom. The number of fused-ring (bicyclic) bond motifs is 1. The van der Waals surface area contributed by atoms with Gasteiger partial charge in [-0.15, -0.1) is 0 Å². The summed E-state index contributed by atoms with van der Waals surface area (Å²) >= 11 is 0. The van der Waals surface area contributed by atoms with Crippen molar-refractivity contribution in [1.29, 1.82) is 5.26 Å². The fourth-order valence-electron chi connectivity index (χ4n) is 3.74. The Morgan fingerprint density at radius 1 is 1.04 bits per heavy atom. The van der Waals surface area contributed by atoms with Crippen molar-refractivity contribution in [2.75, 3.05) is 0 Å². The maximum Gasteiger partial charge on any atom is 0.200 e. The highest BCUT2D eigenvalue weighted by Gasteiger charge is 2.49. The molecule has 5 nitrogen and oxygen atoms in total. The predicted octanol–water partition coefficient (Wildman–Crippen LogP) is 2.42. The Labute approximate surface area is 144 Å². The zero-order chi connectivity index (χ0) is 17.4. The number of halogens is 1. The third-order valence-corrected chi connectivity index (χ3v) is 4.85. The number of hydrazine groups is 1. The molecule has 2 aliphatic heterocycles. The lowest BCUT2D eigenvalue weighted by Crippen LogP contribution is -2.41. The Hall–Kier alpha value is -2.88. The van der Waals surface area contributed by atoms with Gasteiger partial charge in [0.25, 0.3) is 0 Å². The van der Waals surface area contributed by atoms with Crippen LogP contribution in [-0.2, 0) is 4.74 Å². The lowest BCUT2D eigenvalue weighted by molar-refractivity contribution is 0.0336. The summed E-state index contributed by atoms with van der Waals surface area (Å²) in [6, 6.07) is 18.3. The van der Waals surface area contributed by atoms with Crippen LogP contribution in [0.2, 0.25) is 0 Å². The van der Waals surface area contributed by atoms with Crippen molar-refractivity contribution in [3.8, 4) is 6.07 Å². The van der Waals surface area contributed by atoms with Crippen molar-refractivity contribution in [3.05, 3.63) is 83.0 Å². The molecule has 126 valence electrons. The van der Waals surface area contributed by atoms with Crippen molar-refractivity contribution in [1.82, 2.24) is 10.9 Å². The van der Waals surface area contributed by atoms with Crippen molar-refractivity contribution in [3.63, 3.8) is 0 Å². The van der Waals surface area contributed by atoms with Crippen LogP contribution in [0.4, 0.5) is 4.39 Å². The van der Waals surface area contributed by atoms with Gasteiger partial charge in [0.2, 0.25) is 5.88 Å². The monoisotopic (exact) mass is 336 g/mol. The molecule has 0 bridgehead atoms. The van der Waals surface area contributed by atoms with Crippen LogP contribution in [0.1, 0.15) is 23.1 Å². The smallest absolute Gasteiger partial charge is 0.200 e. The number of benzene rings is 2. The molecule has 4 rings (SSSR count). The molecular weight excluding hydrogens is 319 g/mol. The van der Waals surface area contributed by atoms with Crippen LogP contribution in [0, 0.1) is 23.1 Å². The number of nitrogens with one attached hydrogen (secondary N) is 2. The molecule has 2 heterocycles. The molecule has 0 saturated carbocycles. The van der Waals surface area contributed by atoms with Gasteiger partial charge in [0.1, 0.15) is 11.9 Å². The van der Waals surface area contributed by atoms with Crippen molar-refractivity contribution < 1.29 is 9.13 Å². The van der Waals surface area contributed by atoms with Gasteiger partial charge in [-0.05, 0) is 17.2 Å². The van der Waals surface area contributed by atoms with Gasteiger partial charge in [-0.25, -0.2) is 15.2 Å². The van der Waals surface area contributed by atoms with Crippen LogP contribution in [0.25, 0.3) is 0 Å². The van der Waals surface area contributed by atoms with E-state index >= 15 is 0 Å². The normalized spacial score (nSPS) is 28.2. The van der Waals surface area contributed by atoms with Gasteiger partial charge in [-0.1, -0.05) is 48.5 Å². The fourth-order valence-corrected chi connectivity index (χ4v) is 3.74. The molecule has 0 amide bonds. The fraction of sp³-hybridized carbons (Fsp3) is 0.211. The third kappa shape index (κ3) is 2.54. The summed E-state index contributed by atoms with van der Waals surface area (Å²) in [5, 5.41) is 9.63. The van der Waals surface area contributed by atoms with Gasteiger partial charge >= 0.3 is 0 Å². The summed E-state index contributed by atoms with van der Waals surface area (Å²) < 4.78 is 20.2. The van der Waals surface area contributed by atoms with E-state index in [1.807, 2.05) is 30.3 Å². The standard InChI is InChI=1S/C19H17FN4O/c20-14-9-5-4-8-12(14)15-13(10-21)18(22)25-19-16(15)17(23-24-19)11-6-2-1-3-7-11/h1-9,15-17,19,23-24H,22H2. The minimum atomic E-state index is -0.502. The highest BCUT2D eigenvalue weighted by atomic mass is 19.1. The number of nitriles is 1. The Morgan fingerprint density at radius 3 is 2.48 bits per heavy atom. The second kappa shape index (κ2) is 6.20. The summed E-state index contributed by atoms with van der Waals surface area (Å²) in [6.45, 7) is 0. The van der Waals surface area contributed by atoms with E-state index in [1.54, 1.807) is 18.2 Å². The van der Waals surface area contributed by atoms with Gasteiger partial charge < -0.3 is 10.5 Å². The lowest BCUT2D eigenvalue weighted by atomic mass is 9.74. The molecular formula is C19H17FN4O. The zero-order valence-electron chi connectivity index (χ0n) is 13.3. The highest BCUT2D eigenvalue weighted by Crippen LogP contribution is 2.47. The van der Waals surface area contributed by atoms with Crippen molar-refractivity contribution in [2.45, 2.75) is 18.2 Å². The summed E-state index contributed by atoms with van der Waals surface area (Å²) in [5.74, 6) is -1.04. The lowest BCUT2D eigenvalue weighted by Gasteiger charge is -2.36. The zero-order valence-corrected chi connectivity index (χ0v) is 13.3. The Balaban J connectivity index is 1.85. The average molecular weight is 336 g/mol. The van der Waals surface area contributed by atoms with Crippen LogP contribution >= 0.6 is 0 Å². The van der Waals surface area contributed by atoms with Crippen LogP contribution in [-0.4, -0.2) is 6.23 Å². The van der Waals surface area contributed by atoms with E-state index < -0.39 is 12.1 Å². The minimum Gasteiger partial charge on any atom is -0.458 e. The first kappa shape index (κ1) is 15.6. The van der Waals surface area contributed by atoms with E-state index in [9.17, 15) is 9.65 Å². The molecule has 2 aromatic rings. The van der Waals surface area contributed by atoms with E-state index in [-0.39, 0.29) is 29.2 Å². The van der Waals surface area contributed by atoms with E-state index in [4.69, 9.17) is 10.5 Å². The van der Waals surface area contributed by atoms with Crippen LogP contribution in [0.15, 0.2) is 66.1 Å². The molecule has 0 aromatic heterocycles. The van der Waals surface area contributed by atoms with Crippen LogP contribution in [0.3, 0.4) is 0 Å². The number of rotatable bonds is 2. The number of nitrogens with two attached hydrogens (primary N) is 1. The largest absolute Gasteiger partial charge is 0.458 e. The predicted molar refractivity (Wildman–Crippen MR) is 89.8 cm³/mol. The molecule has 4 atom stereocenters. The average Bonchev–Trinajstić information content (AvgIpc) is 3.05. The van der Waals surface area contributed by atoms with Crippen molar-refractivity contribution >= 4 is 0 Å². The summed E-state index contributed by atoms with van der Waals surface area (Å²) in [7, 11) is 0. The summed E-state index contributed by atoms with van der Waals surface area (Å²) in [6.07, 6.45) is -0.452. The number of hydrogen-bond acceptors (Lipinski definition) is 5. The Bertz CT molecular complexity index is 861. The molecule has 1 saturated heterocycles. The topological polar surface area (TPSA) is 83.1 Å². The minimum absolute atomic E-state index is 0.0417. The van der Waals surface area contributed by atoms with Crippen molar-refractivity contribution in [2.24, 2.45) is 11.7 Å². The van der Waals surface area contributed by atoms with Gasteiger partial charge in [-0.2, -0.15) is 5.26 Å². The van der Waals surface area contributed by atoms with E-state index in [2.05, 4.69) is 16.9 Å². The summed E-state index contributed by atoms with van der Waals surface area (Å²) in [4.78, 5) is 0. The van der Waals surface area contributed by atoms with E-state index in [1.165, 1.54) is 6.07 Å². The molecule has 2 aromatic carbocycles. The summed E-state index contributed by atoms with van der Waals surface area (Å²) in [5.41, 5.74) is 14.0.